The molecule has 5 nitrogen and oxygen atoms in total. The summed E-state index contributed by atoms with van der Waals surface area (Å²) < 4.78 is 0. The lowest BCUT2D eigenvalue weighted by Crippen LogP contribution is -2.34. The van der Waals surface area contributed by atoms with Crippen molar-refractivity contribution in [2.45, 2.75) is 13.3 Å². The zero-order valence-electron chi connectivity index (χ0n) is 10.7. The van der Waals surface area contributed by atoms with Crippen LogP contribution in [0.15, 0.2) is 24.3 Å². The lowest BCUT2D eigenvalue weighted by Gasteiger charge is -2.19. The van der Waals surface area contributed by atoms with Crippen LogP contribution in [0.25, 0.3) is 0 Å². The molecule has 5 heteroatoms. The number of carbonyl (C=O) groups excluding carboxylic acids is 1. The molecule has 1 aromatic rings. The Morgan fingerprint density at radius 3 is 2.89 bits per heavy atom. The summed E-state index contributed by atoms with van der Waals surface area (Å²) in [5, 5.41) is 11.6. The van der Waals surface area contributed by atoms with Crippen molar-refractivity contribution in [3.63, 3.8) is 0 Å². The molecule has 1 rings (SSSR count). The predicted molar refractivity (Wildman–Crippen MR) is 73.3 cm³/mol. The number of hydrogen-bond acceptors (Lipinski definition) is 4. The van der Waals surface area contributed by atoms with Crippen molar-refractivity contribution in [3.8, 4) is 0 Å². The number of anilines is 2. The van der Waals surface area contributed by atoms with Crippen molar-refractivity contribution < 1.29 is 9.90 Å². The molecular formula is C13H21N3O2. The van der Waals surface area contributed by atoms with Gasteiger partial charge in [-0.3, -0.25) is 9.69 Å². The van der Waals surface area contributed by atoms with Gasteiger partial charge < -0.3 is 16.2 Å². The number of nitrogen functional groups attached to an aromatic ring is 1. The van der Waals surface area contributed by atoms with E-state index >= 15 is 0 Å². The van der Waals surface area contributed by atoms with Crippen LogP contribution in [-0.2, 0) is 4.79 Å². The van der Waals surface area contributed by atoms with E-state index in [9.17, 15) is 4.79 Å². The standard InChI is InChI=1S/C13H21N3O2/c1-2-16(7-4-8-17)10-13(18)15-12-6-3-5-11(14)9-12/h3,5-6,9,17H,2,4,7-8,10,14H2,1H3,(H,15,18). The third-order valence-corrected chi connectivity index (χ3v) is 2.62. The van der Waals surface area contributed by atoms with Crippen molar-refractivity contribution in [2.75, 3.05) is 37.3 Å². The molecule has 0 spiro atoms. The van der Waals surface area contributed by atoms with Gasteiger partial charge >= 0.3 is 0 Å². The van der Waals surface area contributed by atoms with Crippen LogP contribution >= 0.6 is 0 Å². The molecule has 1 amide bonds. The number of aliphatic hydroxyl groups excluding tert-OH is 1. The first kappa shape index (κ1) is 14.5. The molecule has 0 atom stereocenters. The van der Waals surface area contributed by atoms with Crippen molar-refractivity contribution >= 4 is 17.3 Å². The Balaban J connectivity index is 2.45. The minimum Gasteiger partial charge on any atom is -0.399 e. The molecule has 0 aliphatic carbocycles. The van der Waals surface area contributed by atoms with Crippen LogP contribution in [0.4, 0.5) is 11.4 Å². The van der Waals surface area contributed by atoms with Gasteiger partial charge in [-0.1, -0.05) is 13.0 Å². The van der Waals surface area contributed by atoms with E-state index in [0.29, 0.717) is 24.3 Å². The maximum absolute atomic E-state index is 11.8. The maximum Gasteiger partial charge on any atom is 0.238 e. The summed E-state index contributed by atoms with van der Waals surface area (Å²) in [4.78, 5) is 13.8. The molecule has 1 aromatic carbocycles. The van der Waals surface area contributed by atoms with Crippen LogP contribution in [-0.4, -0.2) is 42.2 Å². The molecule has 0 unspecified atom stereocenters. The van der Waals surface area contributed by atoms with Gasteiger partial charge in [0.05, 0.1) is 6.54 Å². The van der Waals surface area contributed by atoms with E-state index < -0.39 is 0 Å². The monoisotopic (exact) mass is 251 g/mol. The third kappa shape index (κ3) is 5.16. The molecule has 0 aromatic heterocycles. The van der Waals surface area contributed by atoms with Crippen LogP contribution < -0.4 is 11.1 Å². The van der Waals surface area contributed by atoms with Crippen LogP contribution in [0.2, 0.25) is 0 Å². The van der Waals surface area contributed by atoms with Gasteiger partial charge in [0, 0.05) is 24.5 Å². The molecule has 0 bridgehead atoms. The van der Waals surface area contributed by atoms with E-state index in [1.165, 1.54) is 0 Å². The number of aliphatic hydroxyl groups is 1. The summed E-state index contributed by atoms with van der Waals surface area (Å²) in [5.41, 5.74) is 6.97. The predicted octanol–water partition coefficient (Wildman–Crippen LogP) is 0.912. The fourth-order valence-corrected chi connectivity index (χ4v) is 1.66. The van der Waals surface area contributed by atoms with Gasteiger partial charge in [-0.15, -0.1) is 0 Å². The first-order chi connectivity index (χ1) is 8.65. The minimum absolute atomic E-state index is 0.0691. The smallest absolute Gasteiger partial charge is 0.238 e. The van der Waals surface area contributed by atoms with Crippen LogP contribution in [0, 0.1) is 0 Å². The number of benzene rings is 1. The Labute approximate surface area is 108 Å². The summed E-state index contributed by atoms with van der Waals surface area (Å²) in [6.07, 6.45) is 0.680. The van der Waals surface area contributed by atoms with Gasteiger partial charge in [0.25, 0.3) is 0 Å². The highest BCUT2D eigenvalue weighted by Gasteiger charge is 2.08. The van der Waals surface area contributed by atoms with Crippen LogP contribution in [0.1, 0.15) is 13.3 Å². The molecule has 0 heterocycles. The Morgan fingerprint density at radius 2 is 2.28 bits per heavy atom. The van der Waals surface area contributed by atoms with Gasteiger partial charge in [-0.25, -0.2) is 0 Å². The first-order valence-corrected chi connectivity index (χ1v) is 6.14. The number of rotatable bonds is 7. The molecular weight excluding hydrogens is 230 g/mol. The van der Waals surface area contributed by atoms with Gasteiger partial charge in [-0.2, -0.15) is 0 Å². The number of amides is 1. The Kier molecular flexibility index (Phi) is 6.18. The van der Waals surface area contributed by atoms with Gasteiger partial charge in [-0.05, 0) is 31.2 Å². The van der Waals surface area contributed by atoms with E-state index in [-0.39, 0.29) is 12.5 Å². The van der Waals surface area contributed by atoms with Crippen molar-refractivity contribution in [3.05, 3.63) is 24.3 Å². The maximum atomic E-state index is 11.8. The fourth-order valence-electron chi connectivity index (χ4n) is 1.66. The summed E-state index contributed by atoms with van der Waals surface area (Å²) in [6.45, 7) is 3.96. The summed E-state index contributed by atoms with van der Waals surface area (Å²) in [5.74, 6) is -0.0691. The SMILES string of the molecule is CCN(CCCO)CC(=O)Nc1cccc(N)c1. The van der Waals surface area contributed by atoms with Gasteiger partial charge in [0.2, 0.25) is 5.91 Å². The highest BCUT2D eigenvalue weighted by Crippen LogP contribution is 2.11. The molecule has 100 valence electrons. The summed E-state index contributed by atoms with van der Waals surface area (Å²) >= 11 is 0. The highest BCUT2D eigenvalue weighted by atomic mass is 16.3. The molecule has 0 fully saturated rings. The van der Waals surface area contributed by atoms with Crippen molar-refractivity contribution in [1.29, 1.82) is 0 Å². The van der Waals surface area contributed by atoms with Crippen LogP contribution in [0.5, 0.6) is 0 Å². The van der Waals surface area contributed by atoms with Crippen LogP contribution in [0.3, 0.4) is 0 Å². The molecule has 0 saturated carbocycles. The second kappa shape index (κ2) is 7.68. The lowest BCUT2D eigenvalue weighted by atomic mass is 10.3. The number of nitrogens with one attached hydrogen (secondary N) is 1. The summed E-state index contributed by atoms with van der Waals surface area (Å²) in [6, 6.07) is 7.10. The van der Waals surface area contributed by atoms with Crippen molar-refractivity contribution in [1.82, 2.24) is 4.90 Å². The molecule has 4 N–H and O–H groups in total. The molecule has 0 saturated heterocycles. The second-order valence-electron chi connectivity index (χ2n) is 4.12. The van der Waals surface area contributed by atoms with E-state index in [0.717, 1.165) is 13.1 Å². The summed E-state index contributed by atoms with van der Waals surface area (Å²) in [7, 11) is 0. The second-order valence-corrected chi connectivity index (χ2v) is 4.12. The average molecular weight is 251 g/mol. The average Bonchev–Trinajstić information content (AvgIpc) is 2.34. The Hall–Kier alpha value is -1.59. The third-order valence-electron chi connectivity index (χ3n) is 2.62. The van der Waals surface area contributed by atoms with Gasteiger partial charge in [0.1, 0.15) is 0 Å². The topological polar surface area (TPSA) is 78.6 Å². The Morgan fingerprint density at radius 1 is 1.50 bits per heavy atom. The van der Waals surface area contributed by atoms with E-state index in [1.807, 2.05) is 11.8 Å². The zero-order valence-corrected chi connectivity index (χ0v) is 10.7. The number of nitrogens with zero attached hydrogens (tertiary/aromatic N) is 1. The minimum atomic E-state index is -0.0691. The van der Waals surface area contributed by atoms with E-state index in [1.54, 1.807) is 24.3 Å². The number of hydrogen-bond donors (Lipinski definition) is 3. The molecule has 0 aliphatic heterocycles. The first-order valence-electron chi connectivity index (χ1n) is 6.14. The Bertz CT molecular complexity index is 382. The largest absolute Gasteiger partial charge is 0.399 e. The number of nitrogens with two attached hydrogens (primary N) is 1. The fraction of sp³-hybridized carbons (Fsp3) is 0.462. The van der Waals surface area contributed by atoms with E-state index in [2.05, 4.69) is 5.32 Å². The quantitative estimate of drug-likeness (QED) is 0.629. The normalized spacial score (nSPS) is 10.6. The number of carbonyl (C=O) groups is 1. The molecule has 18 heavy (non-hydrogen) atoms. The highest BCUT2D eigenvalue weighted by molar-refractivity contribution is 5.92. The van der Waals surface area contributed by atoms with E-state index in [4.69, 9.17) is 10.8 Å². The number of likely N-dealkylation sites (N-methyl/N-ethyl adjacent to an activating group) is 1. The molecule has 0 radical (unpaired) electrons. The van der Waals surface area contributed by atoms with Gasteiger partial charge in [0.15, 0.2) is 0 Å². The zero-order chi connectivity index (χ0) is 13.4. The molecule has 0 aliphatic rings. The van der Waals surface area contributed by atoms with Crippen molar-refractivity contribution in [2.24, 2.45) is 0 Å². The lowest BCUT2D eigenvalue weighted by molar-refractivity contribution is -0.117.